The summed E-state index contributed by atoms with van der Waals surface area (Å²) in [5.41, 5.74) is 18.9. The number of hydrogen-bond donors (Lipinski definition) is 4. The summed E-state index contributed by atoms with van der Waals surface area (Å²) < 4.78 is 5.49. The first-order valence-corrected chi connectivity index (χ1v) is 14.8. The number of ether oxygens (including phenoxy) is 1. The fourth-order valence-electron chi connectivity index (χ4n) is 4.61. The molecule has 7 N–H and O–H groups in total. The number of amides is 1. The third-order valence-corrected chi connectivity index (χ3v) is 7.57. The fourth-order valence-corrected chi connectivity index (χ4v) is 4.61. The number of pyridine rings is 1. The molecule has 0 bridgehead atoms. The minimum absolute atomic E-state index is 0.0209. The molecule has 3 aromatic rings. The van der Waals surface area contributed by atoms with Crippen molar-refractivity contribution in [2.24, 2.45) is 23.1 Å². The lowest BCUT2D eigenvalue weighted by atomic mass is 9.88. The lowest BCUT2D eigenvalue weighted by Gasteiger charge is -2.21. The minimum atomic E-state index is -1.11. The van der Waals surface area contributed by atoms with Crippen molar-refractivity contribution in [2.45, 2.75) is 71.3 Å². The van der Waals surface area contributed by atoms with E-state index >= 15 is 0 Å². The van der Waals surface area contributed by atoms with Crippen LogP contribution >= 0.6 is 0 Å². The number of rotatable bonds is 15. The van der Waals surface area contributed by atoms with Crippen LogP contribution in [0.15, 0.2) is 66.9 Å². The van der Waals surface area contributed by atoms with Gasteiger partial charge < -0.3 is 27.3 Å². The molecule has 4 atom stereocenters. The van der Waals surface area contributed by atoms with E-state index in [2.05, 4.69) is 10.3 Å². The van der Waals surface area contributed by atoms with E-state index in [4.69, 9.17) is 21.9 Å². The monoisotopic (exact) mass is 615 g/mol. The third-order valence-electron chi connectivity index (χ3n) is 7.57. The van der Waals surface area contributed by atoms with Gasteiger partial charge in [-0.05, 0) is 24.0 Å². The van der Waals surface area contributed by atoms with Gasteiger partial charge in [-0.3, -0.25) is 24.2 Å². The maximum Gasteiger partial charge on any atom is 0.340 e. The molecule has 0 aliphatic carbocycles. The van der Waals surface area contributed by atoms with Gasteiger partial charge in [-0.1, -0.05) is 81.4 Å². The summed E-state index contributed by atoms with van der Waals surface area (Å²) in [5.74, 6) is -4.01. The molecule has 11 heteroatoms. The molecule has 0 aliphatic rings. The highest BCUT2D eigenvalue weighted by molar-refractivity contribution is 6.16. The lowest BCUT2D eigenvalue weighted by molar-refractivity contribution is -0.123. The predicted molar refractivity (Wildman–Crippen MR) is 169 cm³/mol. The Balaban J connectivity index is 2.02. The zero-order chi connectivity index (χ0) is 33.3. The molecule has 1 aromatic heterocycles. The quantitative estimate of drug-likeness (QED) is 0.112. The molecular formula is C34H41N5O6. The highest BCUT2D eigenvalue weighted by Gasteiger charge is 2.32. The molecule has 0 saturated heterocycles. The number of benzene rings is 2. The van der Waals surface area contributed by atoms with E-state index in [1.807, 2.05) is 36.4 Å². The maximum atomic E-state index is 13.6. The lowest BCUT2D eigenvalue weighted by Crippen LogP contribution is -2.44. The highest BCUT2D eigenvalue weighted by atomic mass is 16.5. The number of ketones is 3. The number of aromatic nitrogens is 1. The molecule has 0 saturated carbocycles. The Kier molecular flexibility index (Phi) is 12.4. The minimum Gasteiger partial charge on any atom is -0.457 e. The van der Waals surface area contributed by atoms with E-state index in [1.165, 1.54) is 6.92 Å². The standard InChI is InChI=1S/C34H41N5O6/c1-19(2)29(36)33(43)39-16-24-25(34(44)45-18-22-11-7-5-8-12-22)17-38-31(28(24)32(42)21(4)35)27(41)15-26(40)30(37)20(3)23-13-9-6-10-14-23/h5-14,17,19-21,29-30H,15-16,18,35-37H2,1-4H3,(H,39,43)/t20?,21?,29?,30-/m0/s1. The summed E-state index contributed by atoms with van der Waals surface area (Å²) in [6.07, 6.45) is 0.450. The van der Waals surface area contributed by atoms with Gasteiger partial charge in [0.05, 0.1) is 35.7 Å². The largest absolute Gasteiger partial charge is 0.457 e. The van der Waals surface area contributed by atoms with Gasteiger partial charge in [0.25, 0.3) is 0 Å². The van der Waals surface area contributed by atoms with Crippen LogP contribution < -0.4 is 22.5 Å². The highest BCUT2D eigenvalue weighted by Crippen LogP contribution is 2.24. The van der Waals surface area contributed by atoms with Gasteiger partial charge in [-0.2, -0.15) is 0 Å². The van der Waals surface area contributed by atoms with Crippen molar-refractivity contribution in [3.8, 4) is 0 Å². The zero-order valence-electron chi connectivity index (χ0n) is 26.0. The van der Waals surface area contributed by atoms with Gasteiger partial charge >= 0.3 is 5.97 Å². The molecule has 238 valence electrons. The molecule has 0 radical (unpaired) electrons. The van der Waals surface area contributed by atoms with Crippen molar-refractivity contribution in [3.63, 3.8) is 0 Å². The van der Waals surface area contributed by atoms with Crippen molar-refractivity contribution >= 4 is 29.2 Å². The van der Waals surface area contributed by atoms with Crippen LogP contribution in [0.5, 0.6) is 0 Å². The molecule has 0 spiro atoms. The Morgan fingerprint density at radius 1 is 0.844 bits per heavy atom. The molecule has 3 unspecified atom stereocenters. The maximum absolute atomic E-state index is 13.6. The molecule has 2 aromatic carbocycles. The Morgan fingerprint density at radius 2 is 1.44 bits per heavy atom. The van der Waals surface area contributed by atoms with Crippen LogP contribution in [0.2, 0.25) is 0 Å². The summed E-state index contributed by atoms with van der Waals surface area (Å²) in [6, 6.07) is 15.1. The molecule has 1 amide bonds. The number of hydrogen-bond acceptors (Lipinski definition) is 10. The van der Waals surface area contributed by atoms with Crippen molar-refractivity contribution in [3.05, 3.63) is 100 Å². The summed E-state index contributed by atoms with van der Waals surface area (Å²) in [5, 5.41) is 2.65. The third kappa shape index (κ3) is 8.98. The smallest absolute Gasteiger partial charge is 0.340 e. The summed E-state index contributed by atoms with van der Waals surface area (Å²) in [4.78, 5) is 70.6. The second-order valence-electron chi connectivity index (χ2n) is 11.4. The van der Waals surface area contributed by atoms with Crippen LogP contribution in [0, 0.1) is 5.92 Å². The average Bonchev–Trinajstić information content (AvgIpc) is 3.04. The first kappa shape index (κ1) is 34.9. The van der Waals surface area contributed by atoms with Gasteiger partial charge in [-0.15, -0.1) is 0 Å². The van der Waals surface area contributed by atoms with Crippen LogP contribution in [0.25, 0.3) is 0 Å². The van der Waals surface area contributed by atoms with E-state index in [0.717, 1.165) is 17.3 Å². The topological polar surface area (TPSA) is 198 Å². The Morgan fingerprint density at radius 3 is 2.02 bits per heavy atom. The second-order valence-corrected chi connectivity index (χ2v) is 11.4. The number of nitrogens with two attached hydrogens (primary N) is 3. The van der Waals surface area contributed by atoms with Gasteiger partial charge in [0.2, 0.25) is 5.91 Å². The number of Topliss-reactive ketones (excluding diaryl/α,β-unsaturated/α-hetero) is 3. The first-order valence-electron chi connectivity index (χ1n) is 14.8. The molecule has 3 rings (SSSR count). The van der Waals surface area contributed by atoms with Gasteiger partial charge in [0.1, 0.15) is 12.3 Å². The van der Waals surface area contributed by atoms with Crippen LogP contribution in [0.4, 0.5) is 0 Å². The normalized spacial score (nSPS) is 13.8. The van der Waals surface area contributed by atoms with Crippen molar-refractivity contribution < 1.29 is 28.7 Å². The van der Waals surface area contributed by atoms with Crippen molar-refractivity contribution in [1.29, 1.82) is 0 Å². The Bertz CT molecular complexity index is 1520. The van der Waals surface area contributed by atoms with E-state index in [1.54, 1.807) is 45.0 Å². The zero-order valence-corrected chi connectivity index (χ0v) is 26.0. The van der Waals surface area contributed by atoms with Crippen molar-refractivity contribution in [1.82, 2.24) is 10.3 Å². The molecule has 45 heavy (non-hydrogen) atoms. The Labute approximate surface area is 262 Å². The number of carbonyl (C=O) groups is 5. The van der Waals surface area contributed by atoms with E-state index in [9.17, 15) is 24.0 Å². The Hall–Kier alpha value is -4.58. The van der Waals surface area contributed by atoms with E-state index in [-0.39, 0.29) is 47.4 Å². The molecule has 0 fully saturated rings. The summed E-state index contributed by atoms with van der Waals surface area (Å²) in [7, 11) is 0. The van der Waals surface area contributed by atoms with E-state index in [0.29, 0.717) is 0 Å². The van der Waals surface area contributed by atoms with Crippen LogP contribution in [0.3, 0.4) is 0 Å². The predicted octanol–water partition coefficient (Wildman–Crippen LogP) is 2.84. The van der Waals surface area contributed by atoms with Crippen molar-refractivity contribution in [2.75, 3.05) is 0 Å². The molecule has 11 nitrogen and oxygen atoms in total. The molecular weight excluding hydrogens is 574 g/mol. The number of nitrogens with one attached hydrogen (secondary N) is 1. The number of esters is 1. The SMILES string of the molecule is CC(N)C(=O)c1c(C(=O)CC(=O)[C@@H](N)C(C)c2ccccc2)ncc(C(=O)OCc2ccccc2)c1CNC(=O)C(N)C(C)C. The van der Waals surface area contributed by atoms with Gasteiger partial charge in [0, 0.05) is 24.2 Å². The summed E-state index contributed by atoms with van der Waals surface area (Å²) in [6.45, 7) is 6.30. The average molecular weight is 616 g/mol. The second kappa shape index (κ2) is 15.9. The van der Waals surface area contributed by atoms with Crippen LogP contribution in [-0.2, 0) is 27.5 Å². The summed E-state index contributed by atoms with van der Waals surface area (Å²) >= 11 is 0. The van der Waals surface area contributed by atoms with Crippen LogP contribution in [-0.4, -0.2) is 52.3 Å². The first-order chi connectivity index (χ1) is 21.3. The van der Waals surface area contributed by atoms with Crippen LogP contribution in [0.1, 0.15) is 87.9 Å². The number of carbonyl (C=O) groups excluding carboxylic acids is 5. The van der Waals surface area contributed by atoms with E-state index < -0.39 is 53.8 Å². The molecule has 0 aliphatic heterocycles. The number of nitrogens with zero attached hydrogens (tertiary/aromatic N) is 1. The van der Waals surface area contributed by atoms with Gasteiger partial charge in [0.15, 0.2) is 17.3 Å². The van der Waals surface area contributed by atoms with Gasteiger partial charge in [-0.25, -0.2) is 4.79 Å². The fraction of sp³-hybridized carbons (Fsp3) is 0.353. The molecule has 1 heterocycles.